The van der Waals surface area contributed by atoms with E-state index in [-0.39, 0.29) is 42.0 Å². The standard InChI is InChI=1S/C28H33N3O5S/c1-3-36-20-11-9-19(10-12-20)30-25(33)22-21-15-17(2)28(37-21)23(22)27(35)31(13-14-32)24(28)26(34)29-16-18-7-5-4-6-8-18/h4-12,17,21-24,32H,3,13-16H2,1-2H3,(H,29,34)(H,30,33)/t17?,21-,22+,23+,24?,28?/m1/s1. The van der Waals surface area contributed by atoms with Gasteiger partial charge in [0.05, 0.1) is 29.8 Å². The Kier molecular flexibility index (Phi) is 7.18. The number of ether oxygens (including phenoxy) is 1. The number of carbonyl (C=O) groups excluding carboxylic acids is 3. The van der Waals surface area contributed by atoms with Crippen molar-refractivity contribution in [2.75, 3.05) is 25.1 Å². The van der Waals surface area contributed by atoms with Gasteiger partial charge in [0.1, 0.15) is 11.8 Å². The van der Waals surface area contributed by atoms with Gasteiger partial charge >= 0.3 is 0 Å². The number of benzene rings is 2. The maximum absolute atomic E-state index is 13.8. The lowest BCUT2D eigenvalue weighted by Crippen LogP contribution is -2.56. The van der Waals surface area contributed by atoms with Crippen LogP contribution in [-0.2, 0) is 20.9 Å². The fraction of sp³-hybridized carbons (Fsp3) is 0.464. The third-order valence-corrected chi connectivity index (χ3v) is 9.96. The van der Waals surface area contributed by atoms with Gasteiger partial charge in [-0.2, -0.15) is 0 Å². The first kappa shape index (κ1) is 25.6. The Morgan fingerprint density at radius 2 is 1.86 bits per heavy atom. The maximum atomic E-state index is 13.8. The van der Waals surface area contributed by atoms with E-state index in [0.717, 1.165) is 17.7 Å². The number of hydrogen-bond donors (Lipinski definition) is 3. The fourth-order valence-electron chi connectivity index (χ4n) is 6.38. The van der Waals surface area contributed by atoms with Gasteiger partial charge in [0.2, 0.25) is 17.7 Å². The van der Waals surface area contributed by atoms with Gasteiger partial charge in [0, 0.05) is 24.0 Å². The van der Waals surface area contributed by atoms with Crippen molar-refractivity contribution in [3.63, 3.8) is 0 Å². The number of likely N-dealkylation sites (tertiary alicyclic amines) is 1. The summed E-state index contributed by atoms with van der Waals surface area (Å²) in [7, 11) is 0. The summed E-state index contributed by atoms with van der Waals surface area (Å²) in [6.45, 7) is 4.71. The minimum Gasteiger partial charge on any atom is -0.494 e. The summed E-state index contributed by atoms with van der Waals surface area (Å²) in [4.78, 5) is 42.6. The maximum Gasteiger partial charge on any atom is 0.244 e. The molecule has 3 N–H and O–H groups in total. The number of amides is 3. The Hall–Kier alpha value is -3.04. The van der Waals surface area contributed by atoms with Crippen molar-refractivity contribution in [3.05, 3.63) is 60.2 Å². The van der Waals surface area contributed by atoms with E-state index in [1.165, 1.54) is 4.90 Å². The minimum absolute atomic E-state index is 0.0488. The third kappa shape index (κ3) is 4.38. The zero-order valence-corrected chi connectivity index (χ0v) is 21.9. The highest BCUT2D eigenvalue weighted by atomic mass is 32.2. The molecule has 196 valence electrons. The minimum atomic E-state index is -0.742. The summed E-state index contributed by atoms with van der Waals surface area (Å²) >= 11 is 1.62. The van der Waals surface area contributed by atoms with Crippen LogP contribution in [0.15, 0.2) is 54.6 Å². The van der Waals surface area contributed by atoms with Gasteiger partial charge in [-0.25, -0.2) is 0 Å². The van der Waals surface area contributed by atoms with Crippen molar-refractivity contribution in [2.24, 2.45) is 17.8 Å². The van der Waals surface area contributed by atoms with Crippen LogP contribution in [0.25, 0.3) is 0 Å². The number of carbonyl (C=O) groups is 3. The number of nitrogens with zero attached hydrogens (tertiary/aromatic N) is 1. The molecular weight excluding hydrogens is 490 g/mol. The van der Waals surface area contributed by atoms with E-state index in [4.69, 9.17) is 4.74 Å². The average Bonchev–Trinajstić information content (AvgIpc) is 3.49. The molecule has 2 aromatic carbocycles. The number of aliphatic hydroxyl groups is 1. The van der Waals surface area contributed by atoms with Crippen LogP contribution in [0.4, 0.5) is 5.69 Å². The molecule has 3 unspecified atom stereocenters. The average molecular weight is 524 g/mol. The van der Waals surface area contributed by atoms with Crippen LogP contribution in [0.5, 0.6) is 5.75 Å². The predicted molar refractivity (Wildman–Crippen MR) is 142 cm³/mol. The quantitative estimate of drug-likeness (QED) is 0.467. The van der Waals surface area contributed by atoms with Gasteiger partial charge in [-0.15, -0.1) is 11.8 Å². The first-order valence-electron chi connectivity index (χ1n) is 12.8. The smallest absolute Gasteiger partial charge is 0.244 e. The van der Waals surface area contributed by atoms with Gasteiger partial charge in [0.25, 0.3) is 0 Å². The zero-order valence-electron chi connectivity index (χ0n) is 21.1. The second-order valence-corrected chi connectivity index (χ2v) is 11.5. The number of β-amino-alcohol motifs (C(OH)–C–C–N with tert-alkyl or cyclic N) is 1. The topological polar surface area (TPSA) is 108 Å². The van der Waals surface area contributed by atoms with Gasteiger partial charge in [-0.05, 0) is 49.1 Å². The summed E-state index contributed by atoms with van der Waals surface area (Å²) in [5.74, 6) is -1.03. The second kappa shape index (κ2) is 10.4. The molecule has 1 spiro atoms. The van der Waals surface area contributed by atoms with Gasteiger partial charge < -0.3 is 25.4 Å². The molecule has 5 rings (SSSR count). The Labute approximate surface area is 221 Å². The molecule has 0 radical (unpaired) electrons. The molecule has 2 bridgehead atoms. The van der Waals surface area contributed by atoms with Gasteiger partial charge in [-0.3, -0.25) is 14.4 Å². The molecule has 3 aliphatic heterocycles. The molecule has 8 nitrogen and oxygen atoms in total. The summed E-state index contributed by atoms with van der Waals surface area (Å²) in [6, 6.07) is 16.1. The molecule has 37 heavy (non-hydrogen) atoms. The fourth-order valence-corrected chi connectivity index (χ4v) is 8.80. The van der Waals surface area contributed by atoms with Gasteiger partial charge in [-0.1, -0.05) is 37.3 Å². The summed E-state index contributed by atoms with van der Waals surface area (Å²) in [5.41, 5.74) is 1.60. The van der Waals surface area contributed by atoms with Crippen LogP contribution in [0.3, 0.4) is 0 Å². The van der Waals surface area contributed by atoms with E-state index in [2.05, 4.69) is 17.6 Å². The van der Waals surface area contributed by atoms with Crippen LogP contribution in [0.1, 0.15) is 25.8 Å². The lowest BCUT2D eigenvalue weighted by Gasteiger charge is -2.38. The van der Waals surface area contributed by atoms with E-state index in [1.54, 1.807) is 36.0 Å². The summed E-state index contributed by atoms with van der Waals surface area (Å²) in [5, 5.41) is 15.7. The van der Waals surface area contributed by atoms with Crippen molar-refractivity contribution in [2.45, 2.75) is 42.9 Å². The van der Waals surface area contributed by atoms with Crippen molar-refractivity contribution >= 4 is 35.2 Å². The van der Waals surface area contributed by atoms with E-state index in [0.29, 0.717) is 18.8 Å². The lowest BCUT2D eigenvalue weighted by molar-refractivity contribution is -0.139. The molecule has 3 amide bonds. The Balaban J connectivity index is 1.40. The highest BCUT2D eigenvalue weighted by Crippen LogP contribution is 2.68. The van der Waals surface area contributed by atoms with Gasteiger partial charge in [0.15, 0.2) is 0 Å². The molecule has 6 atom stereocenters. The summed E-state index contributed by atoms with van der Waals surface area (Å²) in [6.07, 6.45) is 0.755. The van der Waals surface area contributed by atoms with Crippen molar-refractivity contribution in [1.82, 2.24) is 10.2 Å². The van der Waals surface area contributed by atoms with Crippen LogP contribution in [-0.4, -0.2) is 63.5 Å². The van der Waals surface area contributed by atoms with E-state index in [1.807, 2.05) is 37.3 Å². The SMILES string of the molecule is CCOc1ccc(NC(=O)[C@@H]2[C@H]3C(=O)N(CCO)C(C(=O)NCc4ccccc4)C34S[C@@H]2CC4C)cc1. The van der Waals surface area contributed by atoms with Crippen LogP contribution < -0.4 is 15.4 Å². The van der Waals surface area contributed by atoms with E-state index < -0.39 is 22.6 Å². The van der Waals surface area contributed by atoms with E-state index >= 15 is 0 Å². The molecule has 3 aliphatic rings. The number of nitrogens with one attached hydrogen (secondary N) is 2. The Morgan fingerprint density at radius 1 is 1.14 bits per heavy atom. The van der Waals surface area contributed by atoms with Crippen molar-refractivity contribution in [1.29, 1.82) is 0 Å². The molecule has 3 saturated heterocycles. The molecule has 3 heterocycles. The number of hydrogen-bond acceptors (Lipinski definition) is 6. The predicted octanol–water partition coefficient (Wildman–Crippen LogP) is 2.67. The molecule has 0 aromatic heterocycles. The monoisotopic (exact) mass is 523 g/mol. The summed E-state index contributed by atoms with van der Waals surface area (Å²) < 4.78 is 4.77. The van der Waals surface area contributed by atoms with Crippen LogP contribution >= 0.6 is 11.8 Å². The second-order valence-electron chi connectivity index (χ2n) is 9.96. The highest BCUT2D eigenvalue weighted by molar-refractivity contribution is 8.02. The molecule has 3 fully saturated rings. The molecule has 2 aromatic rings. The van der Waals surface area contributed by atoms with Crippen molar-refractivity contribution in [3.8, 4) is 5.75 Å². The normalized spacial score (nSPS) is 29.8. The molecule has 0 aliphatic carbocycles. The lowest BCUT2D eigenvalue weighted by atomic mass is 9.66. The number of rotatable bonds is 9. The van der Waals surface area contributed by atoms with Crippen LogP contribution in [0.2, 0.25) is 0 Å². The van der Waals surface area contributed by atoms with Crippen LogP contribution in [0, 0.1) is 17.8 Å². The molecule has 0 saturated carbocycles. The van der Waals surface area contributed by atoms with E-state index in [9.17, 15) is 19.5 Å². The zero-order chi connectivity index (χ0) is 26.2. The Morgan fingerprint density at radius 3 is 2.54 bits per heavy atom. The van der Waals surface area contributed by atoms with Crippen molar-refractivity contribution < 1.29 is 24.2 Å². The first-order chi connectivity index (χ1) is 17.9. The Bertz CT molecular complexity index is 1160. The number of thioether (sulfide) groups is 1. The largest absolute Gasteiger partial charge is 0.494 e. The number of aliphatic hydroxyl groups excluding tert-OH is 1. The molecular formula is C28H33N3O5S. The molecule has 9 heteroatoms. The number of anilines is 1. The third-order valence-electron chi connectivity index (χ3n) is 7.88. The first-order valence-corrected chi connectivity index (χ1v) is 13.7. The highest BCUT2D eigenvalue weighted by Gasteiger charge is 2.75. The number of fused-ring (bicyclic) bond motifs is 1.